The number of amides is 1. The van der Waals surface area contributed by atoms with Crippen molar-refractivity contribution in [3.8, 4) is 5.75 Å². The first-order valence-corrected chi connectivity index (χ1v) is 7.65. The lowest BCUT2D eigenvalue weighted by Gasteiger charge is -2.31. The van der Waals surface area contributed by atoms with Crippen LogP contribution in [0.25, 0.3) is 0 Å². The molecule has 1 aromatic rings. The molecule has 21 heavy (non-hydrogen) atoms. The van der Waals surface area contributed by atoms with E-state index in [0.29, 0.717) is 25.3 Å². The summed E-state index contributed by atoms with van der Waals surface area (Å²) in [6.07, 6.45) is 0.934. The number of rotatable bonds is 8. The molecule has 0 aliphatic rings. The van der Waals surface area contributed by atoms with E-state index in [9.17, 15) is 4.79 Å². The van der Waals surface area contributed by atoms with E-state index in [1.165, 1.54) is 0 Å². The summed E-state index contributed by atoms with van der Waals surface area (Å²) in [5.74, 6) is 0.847. The quantitative estimate of drug-likeness (QED) is 0.801. The first-order chi connectivity index (χ1) is 9.93. The monoisotopic (exact) mass is 292 g/mol. The van der Waals surface area contributed by atoms with Crippen molar-refractivity contribution in [2.24, 2.45) is 11.1 Å². The number of ether oxygens (including phenoxy) is 1. The highest BCUT2D eigenvalue weighted by Crippen LogP contribution is 2.19. The van der Waals surface area contributed by atoms with Gasteiger partial charge in [0.05, 0.1) is 6.61 Å². The zero-order valence-corrected chi connectivity index (χ0v) is 13.7. The molecule has 0 saturated heterocycles. The molecule has 0 fully saturated rings. The first-order valence-electron chi connectivity index (χ1n) is 7.65. The Kier molecular flexibility index (Phi) is 6.69. The highest BCUT2D eigenvalue weighted by Gasteiger charge is 2.24. The fourth-order valence-electron chi connectivity index (χ4n) is 2.15. The second-order valence-electron chi connectivity index (χ2n) is 6.05. The predicted octanol–water partition coefficient (Wildman–Crippen LogP) is 2.92. The van der Waals surface area contributed by atoms with Gasteiger partial charge in [0, 0.05) is 18.7 Å². The summed E-state index contributed by atoms with van der Waals surface area (Å²) < 4.78 is 5.41. The standard InChI is InChI=1S/C17H28N2O2/c1-5-11-19(13-17(3,4)12-18)16(20)14-7-9-15(10-8-14)21-6-2/h7-10H,5-6,11-13,18H2,1-4H3. The number of nitrogens with zero attached hydrogens (tertiary/aromatic N) is 1. The van der Waals surface area contributed by atoms with Gasteiger partial charge in [0.25, 0.3) is 5.91 Å². The molecule has 0 aliphatic heterocycles. The van der Waals surface area contributed by atoms with Crippen molar-refractivity contribution in [1.29, 1.82) is 0 Å². The molecule has 1 aromatic carbocycles. The maximum Gasteiger partial charge on any atom is 0.253 e. The lowest BCUT2D eigenvalue weighted by Crippen LogP contribution is -2.42. The first kappa shape index (κ1) is 17.5. The van der Waals surface area contributed by atoms with Crippen LogP contribution in [0.3, 0.4) is 0 Å². The molecule has 0 radical (unpaired) electrons. The van der Waals surface area contributed by atoms with Gasteiger partial charge in [-0.1, -0.05) is 20.8 Å². The van der Waals surface area contributed by atoms with E-state index in [4.69, 9.17) is 10.5 Å². The van der Waals surface area contributed by atoms with Crippen molar-refractivity contribution in [3.05, 3.63) is 29.8 Å². The van der Waals surface area contributed by atoms with Crippen LogP contribution in [-0.2, 0) is 0 Å². The van der Waals surface area contributed by atoms with E-state index < -0.39 is 0 Å². The average molecular weight is 292 g/mol. The third-order valence-corrected chi connectivity index (χ3v) is 3.36. The summed E-state index contributed by atoms with van der Waals surface area (Å²) in [5.41, 5.74) is 6.41. The molecule has 0 spiro atoms. The van der Waals surface area contributed by atoms with Crippen LogP contribution >= 0.6 is 0 Å². The van der Waals surface area contributed by atoms with Crippen LogP contribution in [0.5, 0.6) is 5.75 Å². The average Bonchev–Trinajstić information content (AvgIpc) is 2.47. The molecular formula is C17H28N2O2. The topological polar surface area (TPSA) is 55.6 Å². The normalized spacial score (nSPS) is 11.3. The van der Waals surface area contributed by atoms with E-state index in [1.54, 1.807) is 0 Å². The van der Waals surface area contributed by atoms with Crippen LogP contribution in [-0.4, -0.2) is 37.0 Å². The number of hydrogen-bond acceptors (Lipinski definition) is 3. The SMILES string of the molecule is CCCN(CC(C)(C)CN)C(=O)c1ccc(OCC)cc1. The Morgan fingerprint density at radius 2 is 1.86 bits per heavy atom. The molecule has 0 aliphatic carbocycles. The number of benzene rings is 1. The van der Waals surface area contributed by atoms with Gasteiger partial charge in [-0.2, -0.15) is 0 Å². The maximum atomic E-state index is 12.6. The van der Waals surface area contributed by atoms with Gasteiger partial charge in [0.1, 0.15) is 5.75 Å². The summed E-state index contributed by atoms with van der Waals surface area (Å²) in [6, 6.07) is 7.33. The highest BCUT2D eigenvalue weighted by atomic mass is 16.5. The van der Waals surface area contributed by atoms with Crippen molar-refractivity contribution >= 4 is 5.91 Å². The summed E-state index contributed by atoms with van der Waals surface area (Å²) in [7, 11) is 0. The van der Waals surface area contributed by atoms with Gasteiger partial charge in [-0.3, -0.25) is 4.79 Å². The molecule has 0 bridgehead atoms. The summed E-state index contributed by atoms with van der Waals surface area (Å²) in [4.78, 5) is 14.5. The minimum atomic E-state index is -0.0733. The third kappa shape index (κ3) is 5.38. The van der Waals surface area contributed by atoms with Gasteiger partial charge in [-0.15, -0.1) is 0 Å². The number of carbonyl (C=O) groups excluding carboxylic acids is 1. The van der Waals surface area contributed by atoms with Crippen LogP contribution in [0.2, 0.25) is 0 Å². The summed E-state index contributed by atoms with van der Waals surface area (Å²) in [5, 5.41) is 0. The zero-order chi connectivity index (χ0) is 15.9. The molecule has 4 heteroatoms. The molecule has 1 amide bonds. The van der Waals surface area contributed by atoms with E-state index in [2.05, 4.69) is 20.8 Å². The Morgan fingerprint density at radius 1 is 1.24 bits per heavy atom. The fourth-order valence-corrected chi connectivity index (χ4v) is 2.15. The van der Waals surface area contributed by atoms with Gasteiger partial charge in [0.2, 0.25) is 0 Å². The Hall–Kier alpha value is -1.55. The third-order valence-electron chi connectivity index (χ3n) is 3.36. The van der Waals surface area contributed by atoms with Gasteiger partial charge in [0.15, 0.2) is 0 Å². The van der Waals surface area contributed by atoms with E-state index in [0.717, 1.165) is 18.7 Å². The van der Waals surface area contributed by atoms with Crippen LogP contribution in [0, 0.1) is 5.41 Å². The lowest BCUT2D eigenvalue weighted by molar-refractivity contribution is 0.0689. The van der Waals surface area contributed by atoms with Crippen molar-refractivity contribution in [2.45, 2.75) is 34.1 Å². The van der Waals surface area contributed by atoms with E-state index in [1.807, 2.05) is 36.1 Å². The van der Waals surface area contributed by atoms with Crippen LogP contribution in [0.4, 0.5) is 0 Å². The minimum Gasteiger partial charge on any atom is -0.494 e. The Balaban J connectivity index is 2.84. The lowest BCUT2D eigenvalue weighted by atomic mass is 9.92. The second-order valence-corrected chi connectivity index (χ2v) is 6.05. The molecule has 118 valence electrons. The van der Waals surface area contributed by atoms with Gasteiger partial charge < -0.3 is 15.4 Å². The fraction of sp³-hybridized carbons (Fsp3) is 0.588. The molecule has 0 saturated carbocycles. The molecule has 0 heterocycles. The van der Waals surface area contributed by atoms with Crippen molar-refractivity contribution in [3.63, 3.8) is 0 Å². The maximum absolute atomic E-state index is 12.6. The second kappa shape index (κ2) is 8.03. The predicted molar refractivity (Wildman–Crippen MR) is 86.6 cm³/mol. The molecule has 1 rings (SSSR count). The molecule has 2 N–H and O–H groups in total. The smallest absolute Gasteiger partial charge is 0.253 e. The van der Waals surface area contributed by atoms with Crippen LogP contribution in [0.15, 0.2) is 24.3 Å². The summed E-state index contributed by atoms with van der Waals surface area (Å²) in [6.45, 7) is 10.8. The van der Waals surface area contributed by atoms with Crippen LogP contribution < -0.4 is 10.5 Å². The Bertz CT molecular complexity index is 441. The van der Waals surface area contributed by atoms with Gasteiger partial charge in [-0.05, 0) is 49.6 Å². The largest absolute Gasteiger partial charge is 0.494 e. The van der Waals surface area contributed by atoms with Crippen LogP contribution in [0.1, 0.15) is 44.5 Å². The number of hydrogen-bond donors (Lipinski definition) is 1. The van der Waals surface area contributed by atoms with Crippen molar-refractivity contribution in [2.75, 3.05) is 26.2 Å². The Labute approximate surface area is 128 Å². The van der Waals surface area contributed by atoms with Gasteiger partial charge >= 0.3 is 0 Å². The van der Waals surface area contributed by atoms with E-state index in [-0.39, 0.29) is 11.3 Å². The number of nitrogens with two attached hydrogens (primary N) is 1. The highest BCUT2D eigenvalue weighted by molar-refractivity contribution is 5.94. The minimum absolute atomic E-state index is 0.0569. The molecule has 0 unspecified atom stereocenters. The molecular weight excluding hydrogens is 264 g/mol. The zero-order valence-electron chi connectivity index (χ0n) is 13.7. The number of carbonyl (C=O) groups is 1. The molecule has 0 atom stereocenters. The van der Waals surface area contributed by atoms with Gasteiger partial charge in [-0.25, -0.2) is 0 Å². The van der Waals surface area contributed by atoms with Crippen molar-refractivity contribution in [1.82, 2.24) is 4.90 Å². The molecule has 0 aromatic heterocycles. The molecule has 4 nitrogen and oxygen atoms in total. The Morgan fingerprint density at radius 3 is 2.33 bits per heavy atom. The summed E-state index contributed by atoms with van der Waals surface area (Å²) >= 11 is 0. The van der Waals surface area contributed by atoms with E-state index >= 15 is 0 Å². The van der Waals surface area contributed by atoms with Crippen molar-refractivity contribution < 1.29 is 9.53 Å².